The maximum absolute atomic E-state index is 4.40. The second-order valence-electron chi connectivity index (χ2n) is 3.25. The van der Waals surface area contributed by atoms with Gasteiger partial charge in [0.15, 0.2) is 10.8 Å². The zero-order valence-corrected chi connectivity index (χ0v) is 9.14. The molecule has 0 bridgehead atoms. The molecule has 1 N–H and O–H groups in total. The summed E-state index contributed by atoms with van der Waals surface area (Å²) in [5.74, 6) is 0. The second kappa shape index (κ2) is 4.00. The van der Waals surface area contributed by atoms with Crippen molar-refractivity contribution in [1.82, 2.24) is 15.0 Å². The lowest BCUT2D eigenvalue weighted by Gasteiger charge is -2.03. The minimum absolute atomic E-state index is 0.593. The van der Waals surface area contributed by atoms with Crippen molar-refractivity contribution in [3.05, 3.63) is 18.3 Å². The molecule has 0 aliphatic carbocycles. The molecule has 2 rings (SSSR count). The third-order valence-electron chi connectivity index (χ3n) is 2.12. The van der Waals surface area contributed by atoms with Crippen LogP contribution in [0, 0.1) is 0 Å². The Bertz CT molecular complexity index is 391. The van der Waals surface area contributed by atoms with Crippen LogP contribution in [-0.2, 0) is 0 Å². The Hall–Kier alpha value is -1.03. The number of pyridine rings is 1. The van der Waals surface area contributed by atoms with Crippen molar-refractivity contribution in [1.29, 1.82) is 0 Å². The predicted octanol–water partition coefficient (Wildman–Crippen LogP) is 2.85. The van der Waals surface area contributed by atoms with E-state index in [1.807, 2.05) is 12.1 Å². The summed E-state index contributed by atoms with van der Waals surface area (Å²) in [6, 6.07) is 3.91. The van der Waals surface area contributed by atoms with Gasteiger partial charge in [-0.15, -0.1) is 0 Å². The summed E-state index contributed by atoms with van der Waals surface area (Å²) in [6.45, 7) is 4.38. The summed E-state index contributed by atoms with van der Waals surface area (Å²) >= 11 is 1.76. The highest BCUT2D eigenvalue weighted by molar-refractivity contribution is 7.99. The number of nitrogens with zero attached hydrogens (tertiary/aromatic N) is 2. The summed E-state index contributed by atoms with van der Waals surface area (Å²) in [5.41, 5.74) is 1.82. The Morgan fingerprint density at radius 2 is 2.43 bits per heavy atom. The van der Waals surface area contributed by atoms with Gasteiger partial charge in [-0.05, 0) is 18.6 Å². The topological polar surface area (TPSA) is 41.6 Å². The molecule has 0 amide bonds. The Labute approximate surface area is 87.3 Å². The van der Waals surface area contributed by atoms with E-state index in [9.17, 15) is 0 Å². The number of H-pyrrole nitrogens is 1. The van der Waals surface area contributed by atoms with Gasteiger partial charge in [-0.25, -0.2) is 9.97 Å². The molecule has 4 heteroatoms. The molecule has 0 aliphatic rings. The molecular weight excluding hydrogens is 194 g/mol. The molecule has 0 aliphatic heterocycles. The minimum atomic E-state index is 0.593. The fourth-order valence-electron chi connectivity index (χ4n) is 1.15. The molecule has 0 radical (unpaired) electrons. The van der Waals surface area contributed by atoms with Gasteiger partial charge >= 0.3 is 0 Å². The molecule has 14 heavy (non-hydrogen) atoms. The second-order valence-corrected chi connectivity index (χ2v) is 4.68. The molecule has 0 spiro atoms. The fraction of sp³-hybridized carbons (Fsp3) is 0.400. The maximum Gasteiger partial charge on any atom is 0.178 e. The number of imidazole rings is 1. The normalized spacial score (nSPS) is 13.3. The van der Waals surface area contributed by atoms with Crippen molar-refractivity contribution in [2.75, 3.05) is 0 Å². The lowest BCUT2D eigenvalue weighted by molar-refractivity contribution is 0.896. The van der Waals surface area contributed by atoms with Gasteiger partial charge in [-0.3, -0.25) is 0 Å². The zero-order chi connectivity index (χ0) is 9.97. The average Bonchev–Trinajstić information content (AvgIpc) is 2.59. The van der Waals surface area contributed by atoms with E-state index >= 15 is 0 Å². The van der Waals surface area contributed by atoms with Gasteiger partial charge in [-0.1, -0.05) is 25.6 Å². The minimum Gasteiger partial charge on any atom is -0.332 e. The van der Waals surface area contributed by atoms with E-state index in [1.54, 1.807) is 18.0 Å². The van der Waals surface area contributed by atoms with E-state index < -0.39 is 0 Å². The molecular formula is C10H13N3S. The smallest absolute Gasteiger partial charge is 0.178 e. The number of aromatic nitrogens is 3. The van der Waals surface area contributed by atoms with Crippen LogP contribution < -0.4 is 0 Å². The van der Waals surface area contributed by atoms with Crippen LogP contribution in [-0.4, -0.2) is 20.2 Å². The van der Waals surface area contributed by atoms with Crippen molar-refractivity contribution in [3.8, 4) is 0 Å². The first kappa shape index (κ1) is 9.52. The van der Waals surface area contributed by atoms with Gasteiger partial charge in [0, 0.05) is 11.4 Å². The number of rotatable bonds is 3. The quantitative estimate of drug-likeness (QED) is 0.787. The number of hydrogen-bond acceptors (Lipinski definition) is 3. The molecule has 74 valence electrons. The van der Waals surface area contributed by atoms with Gasteiger partial charge in [0.1, 0.15) is 0 Å². The Kier molecular flexibility index (Phi) is 2.72. The Morgan fingerprint density at radius 1 is 1.57 bits per heavy atom. The third kappa shape index (κ3) is 1.90. The van der Waals surface area contributed by atoms with Crippen LogP contribution in [0.25, 0.3) is 11.2 Å². The highest BCUT2D eigenvalue weighted by atomic mass is 32.2. The summed E-state index contributed by atoms with van der Waals surface area (Å²) in [4.78, 5) is 11.8. The van der Waals surface area contributed by atoms with E-state index in [2.05, 4.69) is 28.8 Å². The van der Waals surface area contributed by atoms with Crippen molar-refractivity contribution >= 4 is 22.9 Å². The summed E-state index contributed by atoms with van der Waals surface area (Å²) in [6.07, 6.45) is 2.91. The molecule has 2 aromatic rings. The van der Waals surface area contributed by atoms with Gasteiger partial charge in [-0.2, -0.15) is 0 Å². The van der Waals surface area contributed by atoms with E-state index in [4.69, 9.17) is 0 Å². The summed E-state index contributed by atoms with van der Waals surface area (Å²) in [5, 5.41) is 1.56. The first-order chi connectivity index (χ1) is 6.79. The van der Waals surface area contributed by atoms with Crippen LogP contribution >= 0.6 is 11.8 Å². The molecule has 2 aromatic heterocycles. The van der Waals surface area contributed by atoms with Crippen LogP contribution in [0.4, 0.5) is 0 Å². The van der Waals surface area contributed by atoms with E-state index in [-0.39, 0.29) is 0 Å². The van der Waals surface area contributed by atoms with Crippen LogP contribution in [0.5, 0.6) is 0 Å². The number of aromatic amines is 1. The molecule has 1 unspecified atom stereocenters. The Morgan fingerprint density at radius 3 is 3.14 bits per heavy atom. The van der Waals surface area contributed by atoms with E-state index in [1.165, 1.54) is 0 Å². The number of fused-ring (bicyclic) bond motifs is 1. The predicted molar refractivity (Wildman–Crippen MR) is 59.5 cm³/mol. The summed E-state index contributed by atoms with van der Waals surface area (Å²) < 4.78 is 0. The van der Waals surface area contributed by atoms with Gasteiger partial charge in [0.2, 0.25) is 0 Å². The first-order valence-electron chi connectivity index (χ1n) is 4.77. The molecule has 0 saturated carbocycles. The molecule has 0 saturated heterocycles. The van der Waals surface area contributed by atoms with Crippen LogP contribution in [0.3, 0.4) is 0 Å². The van der Waals surface area contributed by atoms with Gasteiger partial charge in [0.05, 0.1) is 5.52 Å². The molecule has 0 aromatic carbocycles. The molecule has 2 heterocycles. The van der Waals surface area contributed by atoms with Crippen LogP contribution in [0.1, 0.15) is 20.3 Å². The standard InChI is InChI=1S/C10H13N3S/c1-3-7(2)14-10-12-8-5-4-6-11-9(8)13-10/h4-7H,3H2,1-2H3,(H,11,12,13). The van der Waals surface area contributed by atoms with Crippen molar-refractivity contribution in [2.45, 2.75) is 30.7 Å². The first-order valence-corrected chi connectivity index (χ1v) is 5.65. The van der Waals surface area contributed by atoms with Crippen LogP contribution in [0.2, 0.25) is 0 Å². The van der Waals surface area contributed by atoms with Crippen molar-refractivity contribution < 1.29 is 0 Å². The third-order valence-corrected chi connectivity index (χ3v) is 3.28. The average molecular weight is 207 g/mol. The fourth-order valence-corrected chi connectivity index (χ4v) is 2.01. The lowest BCUT2D eigenvalue weighted by Crippen LogP contribution is -1.92. The highest BCUT2D eigenvalue weighted by Crippen LogP contribution is 2.23. The largest absolute Gasteiger partial charge is 0.332 e. The number of hydrogen-bond donors (Lipinski definition) is 1. The van der Waals surface area contributed by atoms with Crippen molar-refractivity contribution in [2.24, 2.45) is 0 Å². The van der Waals surface area contributed by atoms with E-state index in [0.717, 1.165) is 22.7 Å². The Balaban J connectivity index is 2.27. The van der Waals surface area contributed by atoms with E-state index in [0.29, 0.717) is 5.25 Å². The van der Waals surface area contributed by atoms with Crippen LogP contribution in [0.15, 0.2) is 23.5 Å². The monoisotopic (exact) mass is 207 g/mol. The highest BCUT2D eigenvalue weighted by Gasteiger charge is 2.06. The SMILES string of the molecule is CCC(C)Sc1nc2ncccc2[nH]1. The van der Waals surface area contributed by atoms with Gasteiger partial charge in [0.25, 0.3) is 0 Å². The number of thioether (sulfide) groups is 1. The zero-order valence-electron chi connectivity index (χ0n) is 8.32. The van der Waals surface area contributed by atoms with Crippen molar-refractivity contribution in [3.63, 3.8) is 0 Å². The number of nitrogens with one attached hydrogen (secondary N) is 1. The molecule has 1 atom stereocenters. The lowest BCUT2D eigenvalue weighted by atomic mass is 10.4. The maximum atomic E-state index is 4.40. The summed E-state index contributed by atoms with van der Waals surface area (Å²) in [7, 11) is 0. The molecule has 3 nitrogen and oxygen atoms in total. The molecule has 0 fully saturated rings. The van der Waals surface area contributed by atoms with Gasteiger partial charge < -0.3 is 4.98 Å².